The van der Waals surface area contributed by atoms with E-state index in [1.54, 1.807) is 18.2 Å². The number of piperidine rings is 1. The second-order valence-electron chi connectivity index (χ2n) is 9.46. The average molecular weight is 578 g/mol. The van der Waals surface area contributed by atoms with Crippen LogP contribution in [0.4, 0.5) is 24.5 Å². The maximum atomic E-state index is 13.5. The molecular formula is C27H30F3N5O4S. The van der Waals surface area contributed by atoms with E-state index in [0.29, 0.717) is 29.7 Å². The summed E-state index contributed by atoms with van der Waals surface area (Å²) in [5, 5.41) is 12.2. The SMILES string of the molecule is COC(=O)CN1CCC(Nc2cccc3c2cc(C#CCNc2ccc(S(N)(=O)=O)cc2)n3CC(F)(F)F)CC1. The van der Waals surface area contributed by atoms with Gasteiger partial charge >= 0.3 is 12.1 Å². The second-order valence-corrected chi connectivity index (χ2v) is 11.0. The number of benzene rings is 2. The predicted octanol–water partition coefficient (Wildman–Crippen LogP) is 3.36. The van der Waals surface area contributed by atoms with Crippen molar-refractivity contribution in [2.24, 2.45) is 5.14 Å². The summed E-state index contributed by atoms with van der Waals surface area (Å²) in [5.74, 6) is 5.41. The molecule has 0 amide bonds. The lowest BCUT2D eigenvalue weighted by molar-refractivity contribution is -0.142. The van der Waals surface area contributed by atoms with Gasteiger partial charge in [0.15, 0.2) is 0 Å². The van der Waals surface area contributed by atoms with Crippen molar-refractivity contribution in [3.05, 3.63) is 54.2 Å². The first-order valence-electron chi connectivity index (χ1n) is 12.5. The standard InChI is InChI=1S/C27H30F3N5O4S/c1-39-26(36)17-34-14-11-20(12-15-34)33-24-5-2-6-25-23(24)16-21(35(25)18-27(28,29)30)4-3-13-32-19-7-9-22(10-8-19)40(31,37)38/h2,5-10,16,20,32-33H,11-15,17-18H2,1H3,(H2,31,37,38). The van der Waals surface area contributed by atoms with Gasteiger partial charge in [-0.05, 0) is 61.2 Å². The molecule has 2 aromatic carbocycles. The molecule has 13 heteroatoms. The van der Waals surface area contributed by atoms with Crippen LogP contribution in [0.5, 0.6) is 0 Å². The molecule has 40 heavy (non-hydrogen) atoms. The molecule has 9 nitrogen and oxygen atoms in total. The summed E-state index contributed by atoms with van der Waals surface area (Å²) >= 11 is 0. The zero-order valence-corrected chi connectivity index (χ0v) is 22.6. The zero-order chi connectivity index (χ0) is 28.9. The Balaban J connectivity index is 1.50. The van der Waals surface area contributed by atoms with Crippen LogP contribution in [0.3, 0.4) is 0 Å². The Morgan fingerprint density at radius 1 is 1.15 bits per heavy atom. The van der Waals surface area contributed by atoms with E-state index >= 15 is 0 Å². The van der Waals surface area contributed by atoms with Crippen LogP contribution in [-0.4, -0.2) is 69.4 Å². The van der Waals surface area contributed by atoms with Crippen LogP contribution < -0.4 is 15.8 Å². The Morgan fingerprint density at radius 2 is 1.85 bits per heavy atom. The lowest BCUT2D eigenvalue weighted by Crippen LogP contribution is -2.41. The molecule has 0 atom stereocenters. The molecule has 1 aliphatic heterocycles. The first-order chi connectivity index (χ1) is 18.9. The molecule has 1 fully saturated rings. The number of ether oxygens (including phenoxy) is 1. The number of hydrogen-bond donors (Lipinski definition) is 3. The van der Waals surface area contributed by atoms with Gasteiger partial charge in [-0.25, -0.2) is 13.6 Å². The molecule has 0 saturated carbocycles. The number of anilines is 2. The molecule has 4 rings (SSSR count). The van der Waals surface area contributed by atoms with Crippen molar-refractivity contribution in [2.45, 2.75) is 36.5 Å². The number of primary sulfonamides is 1. The Labute approximate surface area is 230 Å². The summed E-state index contributed by atoms with van der Waals surface area (Å²) in [6.07, 6.45) is -2.90. The van der Waals surface area contributed by atoms with Gasteiger partial charge in [0.25, 0.3) is 0 Å². The summed E-state index contributed by atoms with van der Waals surface area (Å²) in [6, 6.07) is 12.7. The number of methoxy groups -OCH3 is 1. The molecule has 2 heterocycles. The van der Waals surface area contributed by atoms with Crippen LogP contribution >= 0.6 is 0 Å². The fourth-order valence-corrected chi connectivity index (χ4v) is 5.12. The van der Waals surface area contributed by atoms with Crippen LogP contribution in [0.2, 0.25) is 0 Å². The fourth-order valence-electron chi connectivity index (χ4n) is 4.61. The maximum absolute atomic E-state index is 13.5. The summed E-state index contributed by atoms with van der Waals surface area (Å²) in [4.78, 5) is 13.5. The molecule has 1 aromatic heterocycles. The van der Waals surface area contributed by atoms with Crippen LogP contribution in [0, 0.1) is 11.8 Å². The fraction of sp³-hybridized carbons (Fsp3) is 0.370. The van der Waals surface area contributed by atoms with Gasteiger partial charge in [-0.1, -0.05) is 12.0 Å². The third kappa shape index (κ3) is 7.68. The first kappa shape index (κ1) is 29.3. The number of sulfonamides is 1. The molecule has 1 aliphatic rings. The quantitative estimate of drug-likeness (QED) is 0.278. The van der Waals surface area contributed by atoms with Crippen molar-refractivity contribution >= 4 is 38.3 Å². The minimum Gasteiger partial charge on any atom is -0.468 e. The van der Waals surface area contributed by atoms with Crippen LogP contribution in [0.15, 0.2) is 53.4 Å². The van der Waals surface area contributed by atoms with Gasteiger partial charge in [-0.3, -0.25) is 9.69 Å². The topological polar surface area (TPSA) is 119 Å². The summed E-state index contributed by atoms with van der Waals surface area (Å²) < 4.78 is 69.1. The Kier molecular flexibility index (Phi) is 8.92. The van der Waals surface area contributed by atoms with Crippen molar-refractivity contribution < 1.29 is 31.1 Å². The molecular weight excluding hydrogens is 547 g/mol. The minimum absolute atomic E-state index is 0.0306. The number of fused-ring (bicyclic) bond motifs is 1. The Hall–Kier alpha value is -3.73. The maximum Gasteiger partial charge on any atom is 0.406 e. The van der Waals surface area contributed by atoms with Crippen molar-refractivity contribution in [1.29, 1.82) is 0 Å². The third-order valence-corrected chi connectivity index (χ3v) is 7.52. The number of nitrogens with two attached hydrogens (primary N) is 1. The van der Waals surface area contributed by atoms with Crippen LogP contribution in [0.25, 0.3) is 10.9 Å². The summed E-state index contributed by atoms with van der Waals surface area (Å²) in [6.45, 7) is 0.575. The number of carbonyl (C=O) groups excluding carboxylic acids is 1. The van der Waals surface area contributed by atoms with E-state index in [1.165, 1.54) is 31.4 Å². The molecule has 0 bridgehead atoms. The highest BCUT2D eigenvalue weighted by molar-refractivity contribution is 7.89. The lowest BCUT2D eigenvalue weighted by Gasteiger charge is -2.32. The largest absolute Gasteiger partial charge is 0.468 e. The molecule has 0 spiro atoms. The van der Waals surface area contributed by atoms with Crippen LogP contribution in [-0.2, 0) is 26.1 Å². The molecule has 0 unspecified atom stereocenters. The number of likely N-dealkylation sites (tertiary alicyclic amines) is 1. The van der Waals surface area contributed by atoms with E-state index in [4.69, 9.17) is 9.88 Å². The molecule has 4 N–H and O–H groups in total. The molecule has 3 aromatic rings. The van der Waals surface area contributed by atoms with E-state index in [-0.39, 0.29) is 35.7 Å². The van der Waals surface area contributed by atoms with Crippen molar-refractivity contribution in [2.75, 3.05) is 43.9 Å². The average Bonchev–Trinajstić information content (AvgIpc) is 3.24. The number of nitrogens with zero attached hydrogens (tertiary/aromatic N) is 2. The van der Waals surface area contributed by atoms with E-state index in [1.807, 2.05) is 11.0 Å². The van der Waals surface area contributed by atoms with E-state index < -0.39 is 22.7 Å². The summed E-state index contributed by atoms with van der Waals surface area (Å²) in [5.41, 5.74) is 1.95. The second kappa shape index (κ2) is 12.2. The number of halogens is 3. The van der Waals surface area contributed by atoms with Gasteiger partial charge in [0.1, 0.15) is 6.54 Å². The number of esters is 1. The van der Waals surface area contributed by atoms with Crippen molar-refractivity contribution in [1.82, 2.24) is 9.47 Å². The van der Waals surface area contributed by atoms with Gasteiger partial charge in [-0.15, -0.1) is 0 Å². The first-order valence-corrected chi connectivity index (χ1v) is 14.1. The highest BCUT2D eigenvalue weighted by atomic mass is 32.2. The van der Waals surface area contributed by atoms with Gasteiger partial charge in [0.2, 0.25) is 10.0 Å². The molecule has 214 valence electrons. The molecule has 0 aliphatic carbocycles. The van der Waals surface area contributed by atoms with E-state index in [0.717, 1.165) is 23.1 Å². The number of carbonyl (C=O) groups is 1. The molecule has 1 saturated heterocycles. The van der Waals surface area contributed by atoms with Gasteiger partial charge in [0, 0.05) is 35.9 Å². The lowest BCUT2D eigenvalue weighted by atomic mass is 10.0. The van der Waals surface area contributed by atoms with Crippen LogP contribution in [0.1, 0.15) is 18.5 Å². The van der Waals surface area contributed by atoms with Crippen molar-refractivity contribution in [3.8, 4) is 11.8 Å². The number of nitrogens with one attached hydrogen (secondary N) is 2. The Morgan fingerprint density at radius 3 is 2.48 bits per heavy atom. The number of hydrogen-bond acceptors (Lipinski definition) is 7. The van der Waals surface area contributed by atoms with Gasteiger partial charge in [0.05, 0.1) is 36.3 Å². The summed E-state index contributed by atoms with van der Waals surface area (Å²) in [7, 11) is -2.45. The Bertz CT molecular complexity index is 1520. The number of rotatable bonds is 8. The monoisotopic (exact) mass is 577 g/mol. The van der Waals surface area contributed by atoms with Crippen molar-refractivity contribution in [3.63, 3.8) is 0 Å². The zero-order valence-electron chi connectivity index (χ0n) is 21.8. The predicted molar refractivity (Wildman–Crippen MR) is 146 cm³/mol. The normalized spacial score (nSPS) is 14.9. The van der Waals surface area contributed by atoms with Gasteiger partial charge < -0.3 is 19.9 Å². The molecule has 0 radical (unpaired) electrons. The number of alkyl halides is 3. The highest BCUT2D eigenvalue weighted by Gasteiger charge is 2.30. The smallest absolute Gasteiger partial charge is 0.406 e. The third-order valence-electron chi connectivity index (χ3n) is 6.59. The van der Waals surface area contributed by atoms with Gasteiger partial charge in [-0.2, -0.15) is 13.2 Å². The number of aromatic nitrogens is 1. The minimum atomic E-state index is -4.44. The van der Waals surface area contributed by atoms with E-state index in [9.17, 15) is 26.4 Å². The van der Waals surface area contributed by atoms with E-state index in [2.05, 4.69) is 22.5 Å². The highest BCUT2D eigenvalue weighted by Crippen LogP contribution is 2.31.